The lowest BCUT2D eigenvalue weighted by Gasteiger charge is -2.06. The number of aryl methyl sites for hydroxylation is 1. The zero-order valence-corrected chi connectivity index (χ0v) is 15.6. The smallest absolute Gasteiger partial charge is 0.272 e. The fourth-order valence-electron chi connectivity index (χ4n) is 2.42. The number of oxazole rings is 1. The number of rotatable bonds is 7. The monoisotopic (exact) mass is 400 g/mol. The van der Waals surface area contributed by atoms with E-state index in [1.54, 1.807) is 6.92 Å². The van der Waals surface area contributed by atoms with Crippen molar-refractivity contribution >= 4 is 28.8 Å². The highest BCUT2D eigenvalue weighted by molar-refractivity contribution is 7.13. The maximum atomic E-state index is 12.1. The van der Waals surface area contributed by atoms with Crippen LogP contribution in [0.1, 0.15) is 21.6 Å². The molecule has 0 radical (unpaired) electrons. The Hall–Kier alpha value is -3.53. The number of amides is 2. The maximum absolute atomic E-state index is 12.1. The molecule has 0 bridgehead atoms. The van der Waals surface area contributed by atoms with E-state index in [2.05, 4.69) is 15.6 Å². The molecule has 10 heteroatoms. The van der Waals surface area contributed by atoms with Gasteiger partial charge in [0.05, 0.1) is 28.6 Å². The van der Waals surface area contributed by atoms with E-state index in [0.717, 1.165) is 4.88 Å². The Morgan fingerprint density at radius 2 is 2.11 bits per heavy atom. The summed E-state index contributed by atoms with van der Waals surface area (Å²) in [5, 5.41) is 17.8. The summed E-state index contributed by atoms with van der Waals surface area (Å²) in [5.41, 5.74) is 1.11. The van der Waals surface area contributed by atoms with E-state index < -0.39 is 16.7 Å². The van der Waals surface area contributed by atoms with Crippen molar-refractivity contribution in [2.24, 2.45) is 0 Å². The molecule has 0 unspecified atom stereocenters. The zero-order valence-electron chi connectivity index (χ0n) is 14.8. The minimum atomic E-state index is -0.516. The number of hydrogen-bond donors (Lipinski definition) is 2. The summed E-state index contributed by atoms with van der Waals surface area (Å²) < 4.78 is 5.37. The van der Waals surface area contributed by atoms with E-state index in [0.29, 0.717) is 17.1 Å². The van der Waals surface area contributed by atoms with Crippen LogP contribution >= 0.6 is 11.3 Å². The minimum Gasteiger partial charge on any atom is -0.443 e. The molecule has 0 aliphatic rings. The number of carbonyl (C=O) groups excluding carboxylic acids is 2. The van der Waals surface area contributed by atoms with Gasteiger partial charge in [-0.15, -0.1) is 11.3 Å². The van der Waals surface area contributed by atoms with Crippen molar-refractivity contribution in [3.63, 3.8) is 0 Å². The molecule has 0 spiro atoms. The molecule has 0 saturated carbocycles. The Labute approximate surface area is 163 Å². The molecular weight excluding hydrogens is 384 g/mol. The van der Waals surface area contributed by atoms with Crippen LogP contribution in [0.2, 0.25) is 0 Å². The highest BCUT2D eigenvalue weighted by atomic mass is 32.1. The minimum absolute atomic E-state index is 0.0659. The third-order valence-corrected chi connectivity index (χ3v) is 4.67. The molecule has 0 fully saturated rings. The number of nitrogens with zero attached hydrogens (tertiary/aromatic N) is 2. The number of thiophene rings is 1. The number of nitro groups is 1. The molecule has 0 aliphatic carbocycles. The van der Waals surface area contributed by atoms with Crippen molar-refractivity contribution < 1.29 is 18.9 Å². The Kier molecular flexibility index (Phi) is 5.80. The summed E-state index contributed by atoms with van der Waals surface area (Å²) >= 11 is 1.50. The molecule has 2 aromatic heterocycles. The SMILES string of the molecule is Cc1cc(C(=O)NCC(=O)NCc2coc(-c3cccs3)n2)ccc1[N+](=O)[O-]. The van der Waals surface area contributed by atoms with Crippen molar-refractivity contribution in [3.8, 4) is 10.8 Å². The van der Waals surface area contributed by atoms with Crippen molar-refractivity contribution in [3.05, 3.63) is 68.9 Å². The Balaban J connectivity index is 1.48. The molecular formula is C18H16N4O5S. The van der Waals surface area contributed by atoms with Gasteiger partial charge in [0.25, 0.3) is 11.6 Å². The van der Waals surface area contributed by atoms with Gasteiger partial charge in [-0.05, 0) is 30.5 Å². The second-order valence-corrected chi connectivity index (χ2v) is 6.79. The van der Waals surface area contributed by atoms with Gasteiger partial charge in [-0.25, -0.2) is 4.98 Å². The lowest BCUT2D eigenvalue weighted by Crippen LogP contribution is -2.36. The first-order chi connectivity index (χ1) is 13.4. The first kappa shape index (κ1) is 19.2. The lowest BCUT2D eigenvalue weighted by molar-refractivity contribution is -0.385. The van der Waals surface area contributed by atoms with Gasteiger partial charge in [-0.1, -0.05) is 6.07 Å². The fraction of sp³-hybridized carbons (Fsp3) is 0.167. The molecule has 144 valence electrons. The van der Waals surface area contributed by atoms with E-state index >= 15 is 0 Å². The molecule has 0 saturated heterocycles. The third-order valence-electron chi connectivity index (χ3n) is 3.82. The third kappa shape index (κ3) is 4.60. The summed E-state index contributed by atoms with van der Waals surface area (Å²) in [7, 11) is 0. The van der Waals surface area contributed by atoms with Crippen LogP contribution in [0.25, 0.3) is 10.8 Å². The van der Waals surface area contributed by atoms with Crippen LogP contribution in [0.4, 0.5) is 5.69 Å². The van der Waals surface area contributed by atoms with Crippen LogP contribution in [0.3, 0.4) is 0 Å². The molecule has 28 heavy (non-hydrogen) atoms. The van der Waals surface area contributed by atoms with Gasteiger partial charge in [-0.3, -0.25) is 19.7 Å². The quantitative estimate of drug-likeness (QED) is 0.464. The summed E-state index contributed by atoms with van der Waals surface area (Å²) in [6, 6.07) is 7.79. The molecule has 2 N–H and O–H groups in total. The number of benzene rings is 1. The topological polar surface area (TPSA) is 127 Å². The van der Waals surface area contributed by atoms with E-state index in [-0.39, 0.29) is 24.3 Å². The van der Waals surface area contributed by atoms with Crippen molar-refractivity contribution in [1.29, 1.82) is 0 Å². The first-order valence-electron chi connectivity index (χ1n) is 8.22. The normalized spacial score (nSPS) is 10.5. The largest absolute Gasteiger partial charge is 0.443 e. The molecule has 2 heterocycles. The van der Waals surface area contributed by atoms with Crippen LogP contribution in [-0.4, -0.2) is 28.3 Å². The van der Waals surface area contributed by atoms with E-state index in [1.165, 1.54) is 35.8 Å². The average Bonchev–Trinajstić information content (AvgIpc) is 3.35. The van der Waals surface area contributed by atoms with Gasteiger partial charge in [0.15, 0.2) is 0 Å². The van der Waals surface area contributed by atoms with Crippen molar-refractivity contribution in [2.75, 3.05) is 6.54 Å². The Morgan fingerprint density at radius 3 is 2.79 bits per heavy atom. The second-order valence-electron chi connectivity index (χ2n) is 5.84. The van der Waals surface area contributed by atoms with Crippen molar-refractivity contribution in [2.45, 2.75) is 13.5 Å². The molecule has 2 amide bonds. The second kappa shape index (κ2) is 8.44. The Morgan fingerprint density at radius 1 is 1.29 bits per heavy atom. The maximum Gasteiger partial charge on any atom is 0.272 e. The number of nitro benzene ring substituents is 1. The predicted molar refractivity (Wildman–Crippen MR) is 102 cm³/mol. The summed E-state index contributed by atoms with van der Waals surface area (Å²) in [6.07, 6.45) is 1.47. The van der Waals surface area contributed by atoms with Crippen LogP contribution < -0.4 is 10.6 Å². The van der Waals surface area contributed by atoms with Crippen LogP contribution in [0, 0.1) is 17.0 Å². The molecule has 3 aromatic rings. The molecule has 0 atom stereocenters. The molecule has 1 aromatic carbocycles. The first-order valence-corrected chi connectivity index (χ1v) is 9.10. The van der Waals surface area contributed by atoms with Crippen LogP contribution in [0.5, 0.6) is 0 Å². The molecule has 0 aliphatic heterocycles. The summed E-state index contributed by atoms with van der Waals surface area (Å²) in [4.78, 5) is 39.5. The summed E-state index contributed by atoms with van der Waals surface area (Å²) in [6.45, 7) is 1.48. The number of hydrogen-bond acceptors (Lipinski definition) is 7. The standard InChI is InChI=1S/C18H16N4O5S/c1-11-7-12(4-5-14(11)22(25)26)17(24)20-9-16(23)19-8-13-10-27-18(21-13)15-3-2-6-28-15/h2-7,10H,8-9H2,1H3,(H,19,23)(H,20,24). The predicted octanol–water partition coefficient (Wildman–Crippen LogP) is 2.67. The van der Waals surface area contributed by atoms with E-state index in [9.17, 15) is 19.7 Å². The molecule has 3 rings (SSSR count). The van der Waals surface area contributed by atoms with Crippen LogP contribution in [-0.2, 0) is 11.3 Å². The van der Waals surface area contributed by atoms with Gasteiger partial charge in [0, 0.05) is 17.2 Å². The zero-order chi connectivity index (χ0) is 20.1. The van der Waals surface area contributed by atoms with Gasteiger partial charge >= 0.3 is 0 Å². The Bertz CT molecular complexity index is 1010. The van der Waals surface area contributed by atoms with Gasteiger partial charge in [-0.2, -0.15) is 0 Å². The highest BCUT2D eigenvalue weighted by Crippen LogP contribution is 2.23. The average molecular weight is 400 g/mol. The van der Waals surface area contributed by atoms with E-state index in [4.69, 9.17) is 4.42 Å². The number of aromatic nitrogens is 1. The molecule has 9 nitrogen and oxygen atoms in total. The highest BCUT2D eigenvalue weighted by Gasteiger charge is 2.14. The van der Waals surface area contributed by atoms with Gasteiger partial charge in [0.2, 0.25) is 11.8 Å². The number of nitrogens with one attached hydrogen (secondary N) is 2. The van der Waals surface area contributed by atoms with Crippen molar-refractivity contribution in [1.82, 2.24) is 15.6 Å². The van der Waals surface area contributed by atoms with Gasteiger partial charge < -0.3 is 15.1 Å². The lowest BCUT2D eigenvalue weighted by atomic mass is 10.1. The number of carbonyl (C=O) groups is 2. The fourth-order valence-corrected chi connectivity index (χ4v) is 3.07. The van der Waals surface area contributed by atoms with E-state index in [1.807, 2.05) is 17.5 Å². The summed E-state index contributed by atoms with van der Waals surface area (Å²) in [5.74, 6) is -0.400. The van der Waals surface area contributed by atoms with Gasteiger partial charge in [0.1, 0.15) is 6.26 Å². The van der Waals surface area contributed by atoms with Crippen LogP contribution in [0.15, 0.2) is 46.4 Å².